The van der Waals surface area contributed by atoms with E-state index in [1.54, 1.807) is 24.5 Å². The molecule has 0 aliphatic carbocycles. The van der Waals surface area contributed by atoms with Gasteiger partial charge in [0.2, 0.25) is 5.95 Å². The fourth-order valence-corrected chi connectivity index (χ4v) is 3.23. The van der Waals surface area contributed by atoms with Gasteiger partial charge in [-0.15, -0.1) is 0 Å². The molecule has 0 unspecified atom stereocenters. The summed E-state index contributed by atoms with van der Waals surface area (Å²) in [6.45, 7) is 1.75. The van der Waals surface area contributed by atoms with Gasteiger partial charge in [-0.3, -0.25) is 4.98 Å². The molecule has 154 valence electrons. The van der Waals surface area contributed by atoms with Crippen LogP contribution in [0.5, 0.6) is 0 Å². The van der Waals surface area contributed by atoms with E-state index in [1.807, 2.05) is 13.0 Å². The predicted molar refractivity (Wildman–Crippen MR) is 104 cm³/mol. The minimum atomic E-state index is -4.56. The molecule has 0 spiro atoms. The zero-order valence-corrected chi connectivity index (χ0v) is 15.9. The summed E-state index contributed by atoms with van der Waals surface area (Å²) in [7, 11) is 0. The van der Waals surface area contributed by atoms with Crippen LogP contribution in [-0.4, -0.2) is 19.9 Å². The number of halogens is 4. The van der Waals surface area contributed by atoms with Gasteiger partial charge >= 0.3 is 6.18 Å². The van der Waals surface area contributed by atoms with E-state index in [-0.39, 0.29) is 17.9 Å². The molecule has 0 aliphatic heterocycles. The highest BCUT2D eigenvalue weighted by Crippen LogP contribution is 2.30. The van der Waals surface area contributed by atoms with Gasteiger partial charge in [0.1, 0.15) is 17.2 Å². The molecule has 9 heteroatoms. The fraction of sp³-hybridized carbons (Fsp3) is 0.190. The van der Waals surface area contributed by atoms with Crippen LogP contribution in [0, 0.1) is 12.9 Å². The Bertz CT molecular complexity index is 1200. The highest BCUT2D eigenvalue weighted by molar-refractivity contribution is 5.80. The molecule has 0 fully saturated rings. The van der Waals surface area contributed by atoms with Crippen LogP contribution in [0.3, 0.4) is 0 Å². The maximum Gasteiger partial charge on any atom is 0.433 e. The molecule has 4 aromatic rings. The number of pyridine rings is 3. The summed E-state index contributed by atoms with van der Waals surface area (Å²) < 4.78 is 53.7. The van der Waals surface area contributed by atoms with Gasteiger partial charge in [-0.25, -0.2) is 9.97 Å². The normalized spacial score (nSPS) is 11.8. The molecule has 30 heavy (non-hydrogen) atoms. The summed E-state index contributed by atoms with van der Waals surface area (Å²) in [4.78, 5) is 14.6. The van der Waals surface area contributed by atoms with Gasteiger partial charge < -0.3 is 10.3 Å². The van der Waals surface area contributed by atoms with Gasteiger partial charge in [0.15, 0.2) is 0 Å². The molecule has 0 radical (unpaired) electrons. The van der Waals surface area contributed by atoms with Crippen molar-refractivity contribution in [1.29, 1.82) is 0 Å². The van der Waals surface area contributed by atoms with Crippen LogP contribution in [0.15, 0.2) is 48.9 Å². The smallest absolute Gasteiger partial charge is 0.366 e. The minimum Gasteiger partial charge on any atom is -0.366 e. The highest BCUT2D eigenvalue weighted by atomic mass is 19.4. The molecule has 0 saturated heterocycles. The first-order chi connectivity index (χ1) is 14.3. The number of nitrogens with zero attached hydrogens (tertiary/aromatic N) is 3. The second kappa shape index (κ2) is 7.74. The number of hydrogen-bond donors (Lipinski definition) is 2. The first kappa shape index (κ1) is 19.8. The maximum atomic E-state index is 14.5. The van der Waals surface area contributed by atoms with Crippen molar-refractivity contribution in [2.75, 3.05) is 5.32 Å². The summed E-state index contributed by atoms with van der Waals surface area (Å²) in [5, 5.41) is 3.64. The number of aromatic amines is 1. The number of H-pyrrole nitrogens is 1. The lowest BCUT2D eigenvalue weighted by Crippen LogP contribution is -2.14. The average molecular weight is 415 g/mol. The van der Waals surface area contributed by atoms with E-state index in [0.29, 0.717) is 12.0 Å². The Kier molecular flexibility index (Phi) is 5.11. The Morgan fingerprint density at radius 1 is 1.07 bits per heavy atom. The van der Waals surface area contributed by atoms with E-state index in [1.165, 1.54) is 12.1 Å². The zero-order chi connectivity index (χ0) is 21.3. The molecular formula is C21H17F4N5. The lowest BCUT2D eigenvalue weighted by molar-refractivity contribution is -0.141. The van der Waals surface area contributed by atoms with Crippen molar-refractivity contribution in [1.82, 2.24) is 19.9 Å². The first-order valence-corrected chi connectivity index (χ1v) is 9.14. The van der Waals surface area contributed by atoms with Crippen molar-refractivity contribution < 1.29 is 17.6 Å². The molecule has 5 nitrogen and oxygen atoms in total. The number of rotatable bonds is 5. The monoisotopic (exact) mass is 415 g/mol. The van der Waals surface area contributed by atoms with E-state index in [2.05, 4.69) is 25.3 Å². The van der Waals surface area contributed by atoms with E-state index in [4.69, 9.17) is 0 Å². The third kappa shape index (κ3) is 4.10. The lowest BCUT2D eigenvalue weighted by Gasteiger charge is -2.12. The largest absolute Gasteiger partial charge is 0.433 e. The summed E-state index contributed by atoms with van der Waals surface area (Å²) in [6, 6.07) is 7.82. The standard InChI is InChI=1S/C21H17F4N5/c1-12-7-16-15(11-29-20(16)28-9-12)8-13-4-5-17(30-19(13)22)27-10-14-3-2-6-26-18(14)21(23,24)25/h2-7,9,11H,8,10H2,1H3,(H,27,30)(H,28,29). The number of aromatic nitrogens is 4. The summed E-state index contributed by atoms with van der Waals surface area (Å²) in [5.74, 6) is -0.540. The SMILES string of the molecule is Cc1cnc2[nH]cc(Cc3ccc(NCc4cccnc4C(F)(F)F)nc3F)c2c1. The molecule has 0 atom stereocenters. The van der Waals surface area contributed by atoms with Crippen LogP contribution >= 0.6 is 0 Å². The Morgan fingerprint density at radius 2 is 1.90 bits per heavy atom. The molecule has 0 bridgehead atoms. The second-order valence-electron chi connectivity index (χ2n) is 6.91. The maximum absolute atomic E-state index is 14.5. The Labute approximate surface area is 169 Å². The molecule has 0 amide bonds. The number of alkyl halides is 3. The Hall–Kier alpha value is -3.49. The van der Waals surface area contributed by atoms with Gasteiger partial charge in [0.25, 0.3) is 0 Å². The van der Waals surface area contributed by atoms with Gasteiger partial charge in [0, 0.05) is 48.1 Å². The van der Waals surface area contributed by atoms with Crippen LogP contribution in [0.2, 0.25) is 0 Å². The van der Waals surface area contributed by atoms with Crippen molar-refractivity contribution in [2.45, 2.75) is 26.1 Å². The number of hydrogen-bond acceptors (Lipinski definition) is 4. The minimum absolute atomic E-state index is 0.0436. The van der Waals surface area contributed by atoms with Gasteiger partial charge in [-0.1, -0.05) is 12.1 Å². The molecule has 4 aromatic heterocycles. The van der Waals surface area contributed by atoms with Crippen LogP contribution in [0.25, 0.3) is 11.0 Å². The topological polar surface area (TPSA) is 66.5 Å². The van der Waals surface area contributed by atoms with E-state index >= 15 is 0 Å². The predicted octanol–water partition coefficient (Wildman–Crippen LogP) is 5.02. The zero-order valence-electron chi connectivity index (χ0n) is 15.9. The summed E-state index contributed by atoms with van der Waals surface area (Å²) in [6.07, 6.45) is 0.362. The third-order valence-corrected chi connectivity index (χ3v) is 4.68. The second-order valence-corrected chi connectivity index (χ2v) is 6.91. The third-order valence-electron chi connectivity index (χ3n) is 4.68. The van der Waals surface area contributed by atoms with Crippen molar-refractivity contribution in [3.63, 3.8) is 0 Å². The molecule has 0 aromatic carbocycles. The van der Waals surface area contributed by atoms with Gasteiger partial charge in [0.05, 0.1) is 0 Å². The average Bonchev–Trinajstić information content (AvgIpc) is 3.09. The van der Waals surface area contributed by atoms with Crippen molar-refractivity contribution in [3.05, 3.63) is 82.8 Å². The number of anilines is 1. The molecule has 2 N–H and O–H groups in total. The van der Waals surface area contributed by atoms with Crippen molar-refractivity contribution in [3.8, 4) is 0 Å². The fourth-order valence-electron chi connectivity index (χ4n) is 3.23. The highest BCUT2D eigenvalue weighted by Gasteiger charge is 2.34. The van der Waals surface area contributed by atoms with E-state index in [9.17, 15) is 17.6 Å². The summed E-state index contributed by atoms with van der Waals surface area (Å²) >= 11 is 0. The van der Waals surface area contributed by atoms with Crippen molar-refractivity contribution in [2.24, 2.45) is 0 Å². The van der Waals surface area contributed by atoms with Gasteiger partial charge in [-0.05, 0) is 36.2 Å². The number of aryl methyl sites for hydroxylation is 1. The van der Waals surface area contributed by atoms with E-state index < -0.39 is 17.8 Å². The number of nitrogens with one attached hydrogen (secondary N) is 2. The van der Waals surface area contributed by atoms with Crippen LogP contribution in [0.1, 0.15) is 27.9 Å². The Balaban J connectivity index is 1.51. The molecule has 0 saturated carbocycles. The summed E-state index contributed by atoms with van der Waals surface area (Å²) in [5.41, 5.74) is 1.96. The van der Waals surface area contributed by atoms with Crippen LogP contribution in [-0.2, 0) is 19.1 Å². The van der Waals surface area contributed by atoms with Gasteiger partial charge in [-0.2, -0.15) is 17.6 Å². The Morgan fingerprint density at radius 3 is 2.67 bits per heavy atom. The van der Waals surface area contributed by atoms with Crippen LogP contribution in [0.4, 0.5) is 23.4 Å². The number of fused-ring (bicyclic) bond motifs is 1. The lowest BCUT2D eigenvalue weighted by atomic mass is 10.1. The van der Waals surface area contributed by atoms with Crippen molar-refractivity contribution >= 4 is 16.9 Å². The molecular weight excluding hydrogens is 398 g/mol. The molecule has 4 rings (SSSR count). The quantitative estimate of drug-likeness (QED) is 0.355. The van der Waals surface area contributed by atoms with E-state index in [0.717, 1.165) is 28.4 Å². The molecule has 0 aliphatic rings. The first-order valence-electron chi connectivity index (χ1n) is 9.14. The van der Waals surface area contributed by atoms with Crippen LogP contribution < -0.4 is 5.32 Å². The molecule has 4 heterocycles.